The van der Waals surface area contributed by atoms with Crippen molar-refractivity contribution in [1.82, 2.24) is 0 Å². The van der Waals surface area contributed by atoms with Gasteiger partial charge in [-0.1, -0.05) is 35.9 Å². The van der Waals surface area contributed by atoms with E-state index in [2.05, 4.69) is 5.32 Å². The third kappa shape index (κ3) is 4.29. The first kappa shape index (κ1) is 18.7. The third-order valence-electron chi connectivity index (χ3n) is 4.92. The van der Waals surface area contributed by atoms with Gasteiger partial charge < -0.3 is 15.0 Å². The molecule has 0 bridgehead atoms. The van der Waals surface area contributed by atoms with Gasteiger partial charge >= 0.3 is 0 Å². The van der Waals surface area contributed by atoms with Gasteiger partial charge in [0.05, 0.1) is 0 Å². The van der Waals surface area contributed by atoms with Crippen LogP contribution in [0.2, 0.25) is 0 Å². The average Bonchev–Trinajstić information content (AvgIpc) is 3.16. The maximum Gasteiger partial charge on any atom is 0.262 e. The Labute approximate surface area is 169 Å². The van der Waals surface area contributed by atoms with E-state index in [1.165, 1.54) is 0 Å². The highest BCUT2D eigenvalue weighted by Crippen LogP contribution is 2.31. The second kappa shape index (κ2) is 8.19. The van der Waals surface area contributed by atoms with E-state index in [0.717, 1.165) is 23.2 Å². The first-order chi connectivity index (χ1) is 14.1. The van der Waals surface area contributed by atoms with Crippen LogP contribution in [-0.2, 0) is 11.2 Å². The van der Waals surface area contributed by atoms with Crippen molar-refractivity contribution < 1.29 is 14.3 Å². The zero-order valence-corrected chi connectivity index (χ0v) is 16.2. The Kier molecular flexibility index (Phi) is 5.29. The first-order valence-corrected chi connectivity index (χ1v) is 9.59. The monoisotopic (exact) mass is 386 g/mol. The van der Waals surface area contributed by atoms with Gasteiger partial charge in [-0.05, 0) is 61.4 Å². The van der Waals surface area contributed by atoms with Crippen molar-refractivity contribution in [1.29, 1.82) is 0 Å². The fraction of sp³-hybridized carbons (Fsp3) is 0.167. The first-order valence-electron chi connectivity index (χ1n) is 9.59. The van der Waals surface area contributed by atoms with Crippen molar-refractivity contribution in [2.24, 2.45) is 0 Å². The molecule has 4 rings (SSSR count). The van der Waals surface area contributed by atoms with Gasteiger partial charge in [0.2, 0.25) is 0 Å². The van der Waals surface area contributed by atoms with Crippen molar-refractivity contribution >= 4 is 23.2 Å². The Morgan fingerprint density at radius 3 is 2.52 bits per heavy atom. The molecule has 0 spiro atoms. The topological polar surface area (TPSA) is 58.6 Å². The number of fused-ring (bicyclic) bond motifs is 1. The number of hydrogen-bond donors (Lipinski definition) is 1. The number of carbonyl (C=O) groups is 2. The van der Waals surface area contributed by atoms with Crippen molar-refractivity contribution in [2.75, 3.05) is 23.4 Å². The molecule has 1 N–H and O–H groups in total. The fourth-order valence-electron chi connectivity index (χ4n) is 3.41. The van der Waals surface area contributed by atoms with Crippen molar-refractivity contribution in [2.45, 2.75) is 13.3 Å². The highest BCUT2D eigenvalue weighted by molar-refractivity contribution is 6.07. The summed E-state index contributed by atoms with van der Waals surface area (Å²) in [6, 6.07) is 22.5. The minimum atomic E-state index is -0.222. The standard InChI is InChI=1S/C24H22N2O3/c1-17-7-10-21(11-8-17)29-16-23(27)25-20-9-12-22-19(15-20)13-14-26(22)24(28)18-5-3-2-4-6-18/h2-12,15H,13-14,16H2,1H3,(H,25,27). The molecular formula is C24H22N2O3. The Hall–Kier alpha value is -3.60. The molecule has 0 aromatic heterocycles. The van der Waals surface area contributed by atoms with Crippen LogP contribution in [-0.4, -0.2) is 25.0 Å². The highest BCUT2D eigenvalue weighted by atomic mass is 16.5. The predicted molar refractivity (Wildman–Crippen MR) is 114 cm³/mol. The summed E-state index contributed by atoms with van der Waals surface area (Å²) in [4.78, 5) is 26.8. The van der Waals surface area contributed by atoms with Crippen molar-refractivity contribution in [3.05, 3.63) is 89.5 Å². The lowest BCUT2D eigenvalue weighted by atomic mass is 10.1. The van der Waals surface area contributed by atoms with Gasteiger partial charge in [0.25, 0.3) is 11.8 Å². The van der Waals surface area contributed by atoms with E-state index in [4.69, 9.17) is 4.74 Å². The molecule has 0 atom stereocenters. The molecule has 29 heavy (non-hydrogen) atoms. The Bertz CT molecular complexity index is 1030. The number of benzene rings is 3. The molecule has 0 fully saturated rings. The summed E-state index contributed by atoms with van der Waals surface area (Å²) >= 11 is 0. The van der Waals surface area contributed by atoms with Gasteiger partial charge in [0, 0.05) is 23.5 Å². The van der Waals surface area contributed by atoms with Gasteiger partial charge in [-0.3, -0.25) is 9.59 Å². The number of hydrogen-bond acceptors (Lipinski definition) is 3. The van der Waals surface area contributed by atoms with Crippen LogP contribution in [0.3, 0.4) is 0 Å². The second-order valence-electron chi connectivity index (χ2n) is 7.07. The van der Waals surface area contributed by atoms with Crippen LogP contribution in [0, 0.1) is 6.92 Å². The summed E-state index contributed by atoms with van der Waals surface area (Å²) in [5.41, 5.74) is 4.46. The lowest BCUT2D eigenvalue weighted by Crippen LogP contribution is -2.28. The quantitative estimate of drug-likeness (QED) is 0.714. The van der Waals surface area contributed by atoms with E-state index < -0.39 is 0 Å². The second-order valence-corrected chi connectivity index (χ2v) is 7.07. The van der Waals surface area contributed by atoms with Crippen LogP contribution in [0.25, 0.3) is 0 Å². The van der Waals surface area contributed by atoms with Crippen molar-refractivity contribution in [3.63, 3.8) is 0 Å². The maximum absolute atomic E-state index is 12.8. The van der Waals surface area contributed by atoms with Gasteiger partial charge in [0.15, 0.2) is 6.61 Å². The summed E-state index contributed by atoms with van der Waals surface area (Å²) in [6.45, 7) is 2.58. The number of aryl methyl sites for hydroxylation is 1. The molecule has 5 heteroatoms. The molecule has 1 heterocycles. The molecule has 0 radical (unpaired) electrons. The zero-order chi connectivity index (χ0) is 20.2. The molecule has 146 valence electrons. The van der Waals surface area contributed by atoms with Crippen LogP contribution in [0.4, 0.5) is 11.4 Å². The molecular weight excluding hydrogens is 364 g/mol. The van der Waals surface area contributed by atoms with Gasteiger partial charge in [0.1, 0.15) is 5.75 Å². The predicted octanol–water partition coefficient (Wildman–Crippen LogP) is 4.22. The lowest BCUT2D eigenvalue weighted by molar-refractivity contribution is -0.118. The molecule has 1 aliphatic rings. The molecule has 0 unspecified atom stereocenters. The molecule has 3 aromatic carbocycles. The van der Waals surface area contributed by atoms with Crippen LogP contribution in [0.1, 0.15) is 21.5 Å². The maximum atomic E-state index is 12.8. The van der Waals surface area contributed by atoms with E-state index in [9.17, 15) is 9.59 Å². The third-order valence-corrected chi connectivity index (χ3v) is 4.92. The molecule has 1 aliphatic heterocycles. The van der Waals surface area contributed by atoms with E-state index in [-0.39, 0.29) is 18.4 Å². The van der Waals surface area contributed by atoms with E-state index in [1.54, 1.807) is 4.90 Å². The molecule has 0 saturated heterocycles. The minimum absolute atomic E-state index is 0.00682. The van der Waals surface area contributed by atoms with Crippen LogP contribution in [0.5, 0.6) is 5.75 Å². The summed E-state index contributed by atoms with van der Waals surface area (Å²) < 4.78 is 5.52. The van der Waals surface area contributed by atoms with Crippen molar-refractivity contribution in [3.8, 4) is 5.75 Å². The molecule has 5 nitrogen and oxygen atoms in total. The Balaban J connectivity index is 1.39. The summed E-state index contributed by atoms with van der Waals surface area (Å²) in [5.74, 6) is 0.433. The highest BCUT2D eigenvalue weighted by Gasteiger charge is 2.25. The van der Waals surface area contributed by atoms with Gasteiger partial charge in [-0.25, -0.2) is 0 Å². The summed E-state index contributed by atoms with van der Waals surface area (Å²) in [6.07, 6.45) is 0.761. The minimum Gasteiger partial charge on any atom is -0.484 e. The largest absolute Gasteiger partial charge is 0.484 e. The SMILES string of the molecule is Cc1ccc(OCC(=O)Nc2ccc3c(c2)CCN3C(=O)c2ccccc2)cc1. The summed E-state index contributed by atoms with van der Waals surface area (Å²) in [5, 5.41) is 2.86. The zero-order valence-electron chi connectivity index (χ0n) is 16.2. The average molecular weight is 386 g/mol. The van der Waals surface area contributed by atoms with Gasteiger partial charge in [-0.2, -0.15) is 0 Å². The Morgan fingerprint density at radius 2 is 1.76 bits per heavy atom. The number of nitrogens with zero attached hydrogens (tertiary/aromatic N) is 1. The fourth-order valence-corrected chi connectivity index (χ4v) is 3.41. The van der Waals surface area contributed by atoms with E-state index >= 15 is 0 Å². The van der Waals surface area contributed by atoms with Crippen LogP contribution >= 0.6 is 0 Å². The van der Waals surface area contributed by atoms with E-state index in [0.29, 0.717) is 23.5 Å². The number of rotatable bonds is 5. The number of amides is 2. The van der Waals surface area contributed by atoms with Crippen LogP contribution < -0.4 is 15.0 Å². The normalized spacial score (nSPS) is 12.4. The van der Waals surface area contributed by atoms with Gasteiger partial charge in [-0.15, -0.1) is 0 Å². The molecule has 0 saturated carbocycles. The summed E-state index contributed by atoms with van der Waals surface area (Å²) in [7, 11) is 0. The van der Waals surface area contributed by atoms with Crippen LogP contribution in [0.15, 0.2) is 72.8 Å². The lowest BCUT2D eigenvalue weighted by Gasteiger charge is -2.17. The number of anilines is 2. The number of carbonyl (C=O) groups excluding carboxylic acids is 2. The number of nitrogens with one attached hydrogen (secondary N) is 1. The molecule has 0 aliphatic carbocycles. The Morgan fingerprint density at radius 1 is 1.00 bits per heavy atom. The smallest absolute Gasteiger partial charge is 0.262 e. The van der Waals surface area contributed by atoms with E-state index in [1.807, 2.05) is 79.7 Å². The number of ether oxygens (including phenoxy) is 1. The molecule has 2 amide bonds. The molecule has 3 aromatic rings.